The Morgan fingerprint density at radius 2 is 1.74 bits per heavy atom. The molecule has 1 heterocycles. The SMILES string of the molecule is C=C1NC(c2c(F)cc(Cl)cc2F)=C(c2ccccc2)CC1Br. The normalized spacial score (nSPS) is 18.1. The van der Waals surface area contributed by atoms with E-state index in [1.165, 1.54) is 0 Å². The summed E-state index contributed by atoms with van der Waals surface area (Å²) in [4.78, 5) is -0.0140. The summed E-state index contributed by atoms with van der Waals surface area (Å²) < 4.78 is 28.7. The number of hydrogen-bond acceptors (Lipinski definition) is 1. The maximum atomic E-state index is 14.4. The van der Waals surface area contributed by atoms with E-state index in [4.69, 9.17) is 11.6 Å². The summed E-state index contributed by atoms with van der Waals surface area (Å²) in [7, 11) is 0. The van der Waals surface area contributed by atoms with E-state index < -0.39 is 11.6 Å². The molecular formula is C18H13BrClF2N. The van der Waals surface area contributed by atoms with Gasteiger partial charge in [-0.15, -0.1) is 0 Å². The zero-order valence-electron chi connectivity index (χ0n) is 12.0. The van der Waals surface area contributed by atoms with Crippen LogP contribution in [0.1, 0.15) is 17.5 Å². The average molecular weight is 397 g/mol. The Labute approximate surface area is 146 Å². The summed E-state index contributed by atoms with van der Waals surface area (Å²) in [6, 6.07) is 11.7. The number of halogens is 4. The van der Waals surface area contributed by atoms with Crippen LogP contribution in [-0.4, -0.2) is 4.83 Å². The van der Waals surface area contributed by atoms with Crippen molar-refractivity contribution in [2.24, 2.45) is 0 Å². The predicted octanol–water partition coefficient (Wildman–Crippen LogP) is 5.76. The number of allylic oxidation sites excluding steroid dienone is 2. The summed E-state index contributed by atoms with van der Waals surface area (Å²) >= 11 is 9.26. The highest BCUT2D eigenvalue weighted by molar-refractivity contribution is 9.09. The topological polar surface area (TPSA) is 12.0 Å². The van der Waals surface area contributed by atoms with Crippen molar-refractivity contribution in [2.75, 3.05) is 0 Å². The van der Waals surface area contributed by atoms with Crippen LogP contribution in [0.25, 0.3) is 11.3 Å². The first kappa shape index (κ1) is 16.2. The Balaban J connectivity index is 2.25. The van der Waals surface area contributed by atoms with Crippen LogP contribution in [0.15, 0.2) is 54.7 Å². The molecule has 0 spiro atoms. The Morgan fingerprint density at radius 3 is 2.35 bits per heavy atom. The van der Waals surface area contributed by atoms with Crippen molar-refractivity contribution in [3.8, 4) is 0 Å². The van der Waals surface area contributed by atoms with Crippen LogP contribution >= 0.6 is 27.5 Å². The minimum Gasteiger partial charge on any atom is -0.358 e. The fourth-order valence-corrected chi connectivity index (χ4v) is 3.24. The molecule has 1 N–H and O–H groups in total. The first-order valence-electron chi connectivity index (χ1n) is 7.00. The number of rotatable bonds is 2. The number of nitrogens with one attached hydrogen (secondary N) is 1. The largest absolute Gasteiger partial charge is 0.358 e. The van der Waals surface area contributed by atoms with Gasteiger partial charge >= 0.3 is 0 Å². The molecule has 1 atom stereocenters. The molecule has 0 aliphatic carbocycles. The summed E-state index contributed by atoms with van der Waals surface area (Å²) in [5.74, 6) is -1.40. The molecule has 0 bridgehead atoms. The van der Waals surface area contributed by atoms with E-state index in [1.54, 1.807) is 0 Å². The van der Waals surface area contributed by atoms with Gasteiger partial charge in [0.1, 0.15) is 11.6 Å². The molecule has 0 saturated heterocycles. The average Bonchev–Trinajstić information content (AvgIpc) is 2.50. The van der Waals surface area contributed by atoms with E-state index in [1.807, 2.05) is 30.3 Å². The van der Waals surface area contributed by atoms with E-state index in [0.717, 1.165) is 23.3 Å². The molecule has 23 heavy (non-hydrogen) atoms. The zero-order valence-corrected chi connectivity index (χ0v) is 14.4. The number of hydrogen-bond donors (Lipinski definition) is 1. The lowest BCUT2D eigenvalue weighted by atomic mass is 9.91. The Bertz CT molecular complexity index is 779. The van der Waals surface area contributed by atoms with Gasteiger partial charge in [-0.25, -0.2) is 8.78 Å². The minimum absolute atomic E-state index is 0.0140. The van der Waals surface area contributed by atoms with Crippen LogP contribution < -0.4 is 5.32 Å². The molecule has 1 nitrogen and oxygen atoms in total. The lowest BCUT2D eigenvalue weighted by Crippen LogP contribution is -2.26. The monoisotopic (exact) mass is 395 g/mol. The van der Waals surface area contributed by atoms with Crippen molar-refractivity contribution >= 4 is 38.8 Å². The van der Waals surface area contributed by atoms with Crippen LogP contribution in [0.5, 0.6) is 0 Å². The molecule has 5 heteroatoms. The molecule has 1 aliphatic rings. The van der Waals surface area contributed by atoms with Gasteiger partial charge in [0.05, 0.1) is 16.1 Å². The summed E-state index contributed by atoms with van der Waals surface area (Å²) in [6.07, 6.45) is 0.576. The standard InChI is InChI=1S/C18H13BrClF2N/c1-10-14(19)9-13(11-5-3-2-4-6-11)18(23-10)17-15(21)7-12(20)8-16(17)22/h2-8,14,23H,1,9H2. The van der Waals surface area contributed by atoms with Gasteiger partial charge in [-0.3, -0.25) is 0 Å². The summed E-state index contributed by atoms with van der Waals surface area (Å²) in [5, 5.41) is 3.07. The van der Waals surface area contributed by atoms with E-state index in [-0.39, 0.29) is 15.4 Å². The quantitative estimate of drug-likeness (QED) is 0.637. The van der Waals surface area contributed by atoms with Gasteiger partial charge < -0.3 is 5.32 Å². The third kappa shape index (κ3) is 3.19. The Morgan fingerprint density at radius 1 is 1.13 bits per heavy atom. The predicted molar refractivity (Wildman–Crippen MR) is 94.2 cm³/mol. The van der Waals surface area contributed by atoms with Crippen LogP contribution in [0.4, 0.5) is 8.78 Å². The second-order valence-corrected chi connectivity index (χ2v) is 6.83. The second kappa shape index (κ2) is 6.46. The zero-order chi connectivity index (χ0) is 16.6. The van der Waals surface area contributed by atoms with Gasteiger partial charge in [-0.2, -0.15) is 0 Å². The molecule has 0 amide bonds. The van der Waals surface area contributed by atoms with Crippen LogP contribution in [0.2, 0.25) is 5.02 Å². The highest BCUT2D eigenvalue weighted by Gasteiger charge is 2.27. The smallest absolute Gasteiger partial charge is 0.136 e. The van der Waals surface area contributed by atoms with E-state index >= 15 is 0 Å². The van der Waals surface area contributed by atoms with Crippen molar-refractivity contribution in [3.63, 3.8) is 0 Å². The molecule has 0 aromatic heterocycles. The molecule has 0 fully saturated rings. The molecule has 3 rings (SSSR count). The molecule has 1 aliphatic heterocycles. The van der Waals surface area contributed by atoms with Gasteiger partial charge in [0.25, 0.3) is 0 Å². The fourth-order valence-electron chi connectivity index (χ4n) is 2.61. The fraction of sp³-hybridized carbons (Fsp3) is 0.111. The summed E-state index contributed by atoms with van der Waals surface area (Å²) in [6.45, 7) is 3.91. The highest BCUT2D eigenvalue weighted by atomic mass is 79.9. The first-order chi connectivity index (χ1) is 11.0. The van der Waals surface area contributed by atoms with Crippen molar-refractivity contribution in [1.29, 1.82) is 0 Å². The van der Waals surface area contributed by atoms with E-state index in [9.17, 15) is 8.78 Å². The van der Waals surface area contributed by atoms with Crippen molar-refractivity contribution in [3.05, 3.63) is 82.5 Å². The van der Waals surface area contributed by atoms with Crippen LogP contribution in [-0.2, 0) is 0 Å². The van der Waals surface area contributed by atoms with Gasteiger partial charge in [-0.1, -0.05) is 64.4 Å². The van der Waals surface area contributed by atoms with E-state index in [0.29, 0.717) is 17.8 Å². The molecule has 1 unspecified atom stereocenters. The number of benzene rings is 2. The first-order valence-corrected chi connectivity index (χ1v) is 8.30. The van der Waals surface area contributed by atoms with Crippen LogP contribution in [0, 0.1) is 11.6 Å². The third-order valence-electron chi connectivity index (χ3n) is 3.73. The Kier molecular flexibility index (Phi) is 4.55. The molecule has 0 saturated carbocycles. The van der Waals surface area contributed by atoms with Gasteiger partial charge in [0.2, 0.25) is 0 Å². The molecule has 118 valence electrons. The Hall–Kier alpha value is -1.65. The van der Waals surface area contributed by atoms with Gasteiger partial charge in [0, 0.05) is 10.7 Å². The molecule has 0 radical (unpaired) electrons. The molecule has 2 aromatic carbocycles. The maximum absolute atomic E-state index is 14.4. The van der Waals surface area contributed by atoms with Gasteiger partial charge in [0.15, 0.2) is 0 Å². The summed E-state index contributed by atoms with van der Waals surface area (Å²) in [5.41, 5.74) is 2.66. The maximum Gasteiger partial charge on any atom is 0.136 e. The van der Waals surface area contributed by atoms with Crippen LogP contribution in [0.3, 0.4) is 0 Å². The van der Waals surface area contributed by atoms with Crippen molar-refractivity contribution in [1.82, 2.24) is 5.32 Å². The third-order valence-corrected chi connectivity index (χ3v) is 4.82. The minimum atomic E-state index is -0.702. The second-order valence-electron chi connectivity index (χ2n) is 5.29. The highest BCUT2D eigenvalue weighted by Crippen LogP contribution is 2.38. The van der Waals surface area contributed by atoms with E-state index in [2.05, 4.69) is 27.8 Å². The lowest BCUT2D eigenvalue weighted by Gasteiger charge is -2.28. The van der Waals surface area contributed by atoms with Crippen molar-refractivity contribution in [2.45, 2.75) is 11.2 Å². The lowest BCUT2D eigenvalue weighted by molar-refractivity contribution is 0.574. The van der Waals surface area contributed by atoms with Gasteiger partial charge in [-0.05, 0) is 29.7 Å². The number of alkyl halides is 1. The molecular weight excluding hydrogens is 384 g/mol. The molecule has 2 aromatic rings. The van der Waals surface area contributed by atoms with Crippen molar-refractivity contribution < 1.29 is 8.78 Å².